The van der Waals surface area contributed by atoms with Crippen molar-refractivity contribution in [2.45, 2.75) is 57.7 Å². The van der Waals surface area contributed by atoms with E-state index in [1.165, 1.54) is 19.3 Å². The Hall–Kier alpha value is -0.120. The normalized spacial score (nSPS) is 29.2. The summed E-state index contributed by atoms with van der Waals surface area (Å²) in [6, 6.07) is 1.54. The van der Waals surface area contributed by atoms with Crippen molar-refractivity contribution in [2.24, 2.45) is 0 Å². The van der Waals surface area contributed by atoms with E-state index in [9.17, 15) is 0 Å². The minimum absolute atomic E-state index is 0.462. The van der Waals surface area contributed by atoms with E-state index < -0.39 is 0 Å². The third-order valence-corrected chi connectivity index (χ3v) is 3.83. The van der Waals surface area contributed by atoms with Crippen LogP contribution in [0.2, 0.25) is 0 Å². The Morgan fingerprint density at radius 3 is 2.81 bits per heavy atom. The van der Waals surface area contributed by atoms with Crippen molar-refractivity contribution in [2.75, 3.05) is 26.2 Å². The van der Waals surface area contributed by atoms with Crippen molar-refractivity contribution >= 4 is 0 Å². The zero-order chi connectivity index (χ0) is 11.4. The van der Waals surface area contributed by atoms with Crippen LogP contribution in [-0.4, -0.2) is 49.3 Å². The van der Waals surface area contributed by atoms with E-state index in [-0.39, 0.29) is 0 Å². The summed E-state index contributed by atoms with van der Waals surface area (Å²) in [5, 5.41) is 3.66. The van der Waals surface area contributed by atoms with Gasteiger partial charge in [-0.1, -0.05) is 13.8 Å². The Balaban J connectivity index is 1.76. The molecule has 2 atom stereocenters. The van der Waals surface area contributed by atoms with Crippen LogP contribution in [0.3, 0.4) is 0 Å². The molecular formula is C13H26N2O. The van der Waals surface area contributed by atoms with Crippen LogP contribution in [-0.2, 0) is 4.74 Å². The first kappa shape index (κ1) is 12.3. The van der Waals surface area contributed by atoms with E-state index in [4.69, 9.17) is 4.74 Å². The molecule has 0 aromatic rings. The summed E-state index contributed by atoms with van der Waals surface area (Å²) in [5.41, 5.74) is 0. The summed E-state index contributed by atoms with van der Waals surface area (Å²) in [6.45, 7) is 8.84. The predicted octanol–water partition coefficient (Wildman–Crippen LogP) is 1.63. The molecule has 1 heterocycles. The number of nitrogens with one attached hydrogen (secondary N) is 1. The summed E-state index contributed by atoms with van der Waals surface area (Å²) in [4.78, 5) is 2.62. The molecule has 2 fully saturated rings. The molecule has 2 unspecified atom stereocenters. The second-order valence-corrected chi connectivity index (χ2v) is 5.14. The van der Waals surface area contributed by atoms with Gasteiger partial charge in [0.05, 0.1) is 12.7 Å². The Bertz CT molecular complexity index is 206. The minimum atomic E-state index is 0.462. The Labute approximate surface area is 99.5 Å². The van der Waals surface area contributed by atoms with Gasteiger partial charge >= 0.3 is 0 Å². The van der Waals surface area contributed by atoms with E-state index in [0.717, 1.165) is 38.7 Å². The Kier molecular flexibility index (Phi) is 4.62. The van der Waals surface area contributed by atoms with Crippen molar-refractivity contribution in [3.05, 3.63) is 0 Å². The lowest BCUT2D eigenvalue weighted by Crippen LogP contribution is -2.50. The first-order chi connectivity index (χ1) is 7.83. The van der Waals surface area contributed by atoms with Gasteiger partial charge in [0.2, 0.25) is 0 Å². The third-order valence-electron chi connectivity index (χ3n) is 3.83. The van der Waals surface area contributed by atoms with Gasteiger partial charge in [-0.2, -0.15) is 0 Å². The molecule has 2 aliphatic rings. The fraction of sp³-hybridized carbons (Fsp3) is 1.00. The lowest BCUT2D eigenvalue weighted by atomic mass is 10.1. The number of hydrogen-bond acceptors (Lipinski definition) is 3. The van der Waals surface area contributed by atoms with Crippen LogP contribution in [0.25, 0.3) is 0 Å². The average molecular weight is 226 g/mol. The molecule has 1 aliphatic heterocycles. The number of rotatable bonds is 6. The van der Waals surface area contributed by atoms with Gasteiger partial charge in [0.15, 0.2) is 0 Å². The SMILES string of the molecule is CCC1CN(C(CC)CNC2CC2)CCO1. The molecular weight excluding hydrogens is 200 g/mol. The van der Waals surface area contributed by atoms with Crippen LogP contribution >= 0.6 is 0 Å². The fourth-order valence-electron chi connectivity index (χ4n) is 2.44. The maximum Gasteiger partial charge on any atom is 0.0700 e. The van der Waals surface area contributed by atoms with Crippen LogP contribution in [0.15, 0.2) is 0 Å². The number of morpholine rings is 1. The maximum atomic E-state index is 5.73. The second-order valence-electron chi connectivity index (χ2n) is 5.14. The third kappa shape index (κ3) is 3.44. The highest BCUT2D eigenvalue weighted by atomic mass is 16.5. The number of ether oxygens (including phenoxy) is 1. The van der Waals surface area contributed by atoms with Gasteiger partial charge in [0.1, 0.15) is 0 Å². The molecule has 94 valence electrons. The minimum Gasteiger partial charge on any atom is -0.376 e. The maximum absolute atomic E-state index is 5.73. The van der Waals surface area contributed by atoms with E-state index in [0.29, 0.717) is 12.1 Å². The highest BCUT2D eigenvalue weighted by Gasteiger charge is 2.27. The molecule has 0 aromatic heterocycles. The fourth-order valence-corrected chi connectivity index (χ4v) is 2.44. The average Bonchev–Trinajstić information content (AvgIpc) is 3.14. The van der Waals surface area contributed by atoms with Gasteiger partial charge in [-0.25, -0.2) is 0 Å². The summed E-state index contributed by atoms with van der Waals surface area (Å²) in [5.74, 6) is 0. The van der Waals surface area contributed by atoms with Crippen LogP contribution in [0.5, 0.6) is 0 Å². The lowest BCUT2D eigenvalue weighted by molar-refractivity contribution is -0.0446. The monoisotopic (exact) mass is 226 g/mol. The molecule has 1 saturated carbocycles. The topological polar surface area (TPSA) is 24.5 Å². The van der Waals surface area contributed by atoms with E-state index >= 15 is 0 Å². The van der Waals surface area contributed by atoms with Crippen molar-refractivity contribution in [1.82, 2.24) is 10.2 Å². The van der Waals surface area contributed by atoms with Gasteiger partial charge in [0, 0.05) is 31.7 Å². The van der Waals surface area contributed by atoms with Crippen molar-refractivity contribution in [1.29, 1.82) is 0 Å². The molecule has 0 radical (unpaired) electrons. The van der Waals surface area contributed by atoms with Crippen LogP contribution in [0.1, 0.15) is 39.5 Å². The molecule has 1 N–H and O–H groups in total. The Morgan fingerprint density at radius 2 is 2.19 bits per heavy atom. The molecule has 16 heavy (non-hydrogen) atoms. The molecule has 3 nitrogen and oxygen atoms in total. The molecule has 0 spiro atoms. The first-order valence-electron chi connectivity index (χ1n) is 6.92. The molecule has 3 heteroatoms. The van der Waals surface area contributed by atoms with Crippen LogP contribution in [0, 0.1) is 0 Å². The largest absolute Gasteiger partial charge is 0.376 e. The molecule has 0 amide bonds. The summed E-state index contributed by atoms with van der Waals surface area (Å²) >= 11 is 0. The van der Waals surface area contributed by atoms with Gasteiger partial charge in [-0.15, -0.1) is 0 Å². The van der Waals surface area contributed by atoms with Gasteiger partial charge < -0.3 is 10.1 Å². The number of hydrogen-bond donors (Lipinski definition) is 1. The summed E-state index contributed by atoms with van der Waals surface area (Å²) < 4.78 is 5.73. The standard InChI is InChI=1S/C13H26N2O/c1-3-12(9-14-11-5-6-11)15-7-8-16-13(4-2)10-15/h11-14H,3-10H2,1-2H3. The zero-order valence-electron chi connectivity index (χ0n) is 10.7. The van der Waals surface area contributed by atoms with Crippen molar-refractivity contribution in [3.63, 3.8) is 0 Å². The quantitative estimate of drug-likeness (QED) is 0.745. The van der Waals surface area contributed by atoms with E-state index in [2.05, 4.69) is 24.1 Å². The highest BCUT2D eigenvalue weighted by molar-refractivity contribution is 4.85. The summed E-state index contributed by atoms with van der Waals surface area (Å²) in [6.07, 6.45) is 5.62. The molecule has 2 rings (SSSR count). The summed E-state index contributed by atoms with van der Waals surface area (Å²) in [7, 11) is 0. The second kappa shape index (κ2) is 5.99. The predicted molar refractivity (Wildman–Crippen MR) is 66.7 cm³/mol. The molecule has 1 aliphatic carbocycles. The van der Waals surface area contributed by atoms with Gasteiger partial charge in [0.25, 0.3) is 0 Å². The smallest absolute Gasteiger partial charge is 0.0700 e. The van der Waals surface area contributed by atoms with E-state index in [1.807, 2.05) is 0 Å². The molecule has 0 bridgehead atoms. The highest BCUT2D eigenvalue weighted by Crippen LogP contribution is 2.19. The van der Waals surface area contributed by atoms with Gasteiger partial charge in [-0.3, -0.25) is 4.90 Å². The lowest BCUT2D eigenvalue weighted by Gasteiger charge is -2.38. The van der Waals surface area contributed by atoms with Crippen molar-refractivity contribution < 1.29 is 4.74 Å². The van der Waals surface area contributed by atoms with Crippen LogP contribution < -0.4 is 5.32 Å². The van der Waals surface area contributed by atoms with E-state index in [1.54, 1.807) is 0 Å². The van der Waals surface area contributed by atoms with Crippen LogP contribution in [0.4, 0.5) is 0 Å². The zero-order valence-corrected chi connectivity index (χ0v) is 10.7. The Morgan fingerprint density at radius 1 is 1.38 bits per heavy atom. The van der Waals surface area contributed by atoms with Gasteiger partial charge in [-0.05, 0) is 25.7 Å². The molecule has 0 aromatic carbocycles. The number of nitrogens with zero attached hydrogens (tertiary/aromatic N) is 1. The van der Waals surface area contributed by atoms with Crippen molar-refractivity contribution in [3.8, 4) is 0 Å². The first-order valence-corrected chi connectivity index (χ1v) is 6.92. The molecule has 1 saturated heterocycles.